The van der Waals surface area contributed by atoms with Crippen LogP contribution in [0.25, 0.3) is 33.4 Å². The van der Waals surface area contributed by atoms with E-state index in [1.807, 2.05) is 24.3 Å². The highest BCUT2D eigenvalue weighted by atomic mass is 14.5. The molecular weight excluding hydrogens is 470 g/mol. The Morgan fingerprint density at radius 2 is 1.10 bits per heavy atom. The molecule has 1 heteroatoms. The minimum Gasteiger partial charge on any atom is -0.198 e. The Morgan fingerprint density at radius 3 is 1.54 bits per heavy atom. The van der Waals surface area contributed by atoms with Gasteiger partial charge in [-0.25, -0.2) is 0 Å². The van der Waals surface area contributed by atoms with E-state index >= 15 is 0 Å². The van der Waals surface area contributed by atoms with Crippen LogP contribution in [0.3, 0.4) is 0 Å². The molecule has 1 nitrogen and oxygen atoms in total. The van der Waals surface area contributed by atoms with E-state index < -0.39 is 0 Å². The van der Waals surface area contributed by atoms with Gasteiger partial charge < -0.3 is 0 Å². The van der Waals surface area contributed by atoms with Crippen molar-refractivity contribution in [3.8, 4) is 64.1 Å². The molecule has 39 heavy (non-hydrogen) atoms. The molecule has 0 aliphatic heterocycles. The molecule has 0 bridgehead atoms. The van der Waals surface area contributed by atoms with Gasteiger partial charge in [0.25, 0.3) is 0 Å². The maximum Gasteiger partial charge on any atom is 0.0622 e. The summed E-state index contributed by atoms with van der Waals surface area (Å²) in [5.74, 6) is 5.43. The molecule has 4 aromatic carbocycles. The molecule has 1 aliphatic carbocycles. The minimum absolute atomic E-state index is 0.197. The molecule has 0 atom stereocenters. The summed E-state index contributed by atoms with van der Waals surface area (Å²) in [5.41, 5.74) is 11.5. The van der Waals surface area contributed by atoms with E-state index in [9.17, 15) is 5.26 Å². The van der Waals surface area contributed by atoms with Gasteiger partial charge >= 0.3 is 0 Å². The Kier molecular flexibility index (Phi) is 7.69. The minimum atomic E-state index is -0.197. The Hall–Kier alpha value is -4.51. The van der Waals surface area contributed by atoms with Gasteiger partial charge in [-0.2, -0.15) is 5.26 Å². The van der Waals surface area contributed by atoms with E-state index in [0.29, 0.717) is 6.42 Å². The number of hydrogen-bond acceptors (Lipinski definition) is 1. The van der Waals surface area contributed by atoms with Crippen molar-refractivity contribution in [2.45, 2.75) is 57.3 Å². The molecule has 0 N–H and O–H groups in total. The van der Waals surface area contributed by atoms with Crippen molar-refractivity contribution in [2.24, 2.45) is 0 Å². The molecule has 5 rings (SSSR count). The average molecular weight is 504 g/mol. The normalized spacial score (nSPS) is 12.6. The van der Waals surface area contributed by atoms with E-state index in [0.717, 1.165) is 41.5 Å². The average Bonchev–Trinajstić information content (AvgIpc) is 3.26. The highest BCUT2D eigenvalue weighted by Crippen LogP contribution is 2.55. The summed E-state index contributed by atoms with van der Waals surface area (Å²) >= 11 is 0. The number of benzene rings is 4. The van der Waals surface area contributed by atoms with Crippen molar-refractivity contribution in [1.82, 2.24) is 0 Å². The van der Waals surface area contributed by atoms with Crippen LogP contribution in [0, 0.1) is 36.0 Å². The van der Waals surface area contributed by atoms with Crippen molar-refractivity contribution in [2.75, 3.05) is 0 Å². The molecule has 0 saturated carbocycles. The van der Waals surface area contributed by atoms with Gasteiger partial charge in [-0.3, -0.25) is 0 Å². The number of rotatable bonds is 9. The van der Waals surface area contributed by atoms with Crippen molar-refractivity contribution in [3.63, 3.8) is 0 Å². The van der Waals surface area contributed by atoms with E-state index in [-0.39, 0.29) is 5.41 Å². The van der Waals surface area contributed by atoms with Crippen LogP contribution in [0.4, 0.5) is 0 Å². The summed E-state index contributed by atoms with van der Waals surface area (Å²) in [5, 5.41) is 9.73. The topological polar surface area (TPSA) is 23.8 Å². The van der Waals surface area contributed by atoms with Crippen molar-refractivity contribution < 1.29 is 0 Å². The van der Waals surface area contributed by atoms with Gasteiger partial charge in [0.05, 0.1) is 6.07 Å². The second kappa shape index (κ2) is 11.5. The first-order chi connectivity index (χ1) is 19.1. The molecule has 0 unspecified atom stereocenters. The van der Waals surface area contributed by atoms with Crippen molar-refractivity contribution >= 4 is 0 Å². The zero-order chi connectivity index (χ0) is 27.2. The second-order valence-corrected chi connectivity index (χ2v) is 10.5. The first-order valence-corrected chi connectivity index (χ1v) is 13.9. The van der Waals surface area contributed by atoms with Crippen LogP contribution in [0.1, 0.15) is 74.1 Å². The van der Waals surface area contributed by atoms with E-state index in [4.69, 9.17) is 12.8 Å². The molecule has 0 fully saturated rings. The fourth-order valence-corrected chi connectivity index (χ4v) is 6.16. The summed E-state index contributed by atoms with van der Waals surface area (Å²) in [6.07, 6.45) is 18.3. The first kappa shape index (κ1) is 26.1. The first-order valence-electron chi connectivity index (χ1n) is 13.9. The fraction of sp³-hybridized carbons (Fsp3) is 0.237. The molecule has 0 saturated heterocycles. The number of unbranched alkanes of at least 4 members (excludes halogenated alkanes) is 3. The highest BCUT2D eigenvalue weighted by Gasteiger charge is 2.42. The summed E-state index contributed by atoms with van der Waals surface area (Å²) < 4.78 is 0. The highest BCUT2D eigenvalue weighted by molar-refractivity contribution is 5.86. The molecule has 0 heterocycles. The predicted molar refractivity (Wildman–Crippen MR) is 163 cm³/mol. The smallest absolute Gasteiger partial charge is 0.0622 e. The monoisotopic (exact) mass is 503 g/mol. The molecule has 0 spiro atoms. The van der Waals surface area contributed by atoms with Crippen LogP contribution in [-0.2, 0) is 5.41 Å². The molecule has 190 valence electrons. The van der Waals surface area contributed by atoms with E-state index in [1.54, 1.807) is 0 Å². The fourth-order valence-electron chi connectivity index (χ4n) is 6.16. The third-order valence-corrected chi connectivity index (χ3v) is 8.25. The van der Waals surface area contributed by atoms with Crippen LogP contribution in [0.2, 0.25) is 0 Å². The van der Waals surface area contributed by atoms with Crippen molar-refractivity contribution in [3.05, 3.63) is 107 Å². The lowest BCUT2D eigenvalue weighted by Gasteiger charge is -2.32. The quantitative estimate of drug-likeness (QED) is 0.165. The summed E-state index contributed by atoms with van der Waals surface area (Å²) in [6.45, 7) is 2.25. The van der Waals surface area contributed by atoms with Gasteiger partial charge in [0.1, 0.15) is 0 Å². The molecule has 0 amide bonds. The van der Waals surface area contributed by atoms with Crippen LogP contribution < -0.4 is 0 Å². The maximum absolute atomic E-state index is 9.73. The molecule has 0 radical (unpaired) electrons. The second-order valence-electron chi connectivity index (χ2n) is 10.5. The lowest BCUT2D eigenvalue weighted by Crippen LogP contribution is -2.25. The van der Waals surface area contributed by atoms with Crippen LogP contribution in [0.5, 0.6) is 0 Å². The molecule has 0 aromatic heterocycles. The Balaban J connectivity index is 1.66. The van der Waals surface area contributed by atoms with Gasteiger partial charge in [0, 0.05) is 23.0 Å². The van der Waals surface area contributed by atoms with E-state index in [1.165, 1.54) is 52.6 Å². The SMILES string of the molecule is C#Cc1ccc(-c2ccc3c(c2)C(CCC#N)(CCCCCC)c2cc(-c4ccc(C#C)cc4)ccc2-3)cc1. The summed E-state index contributed by atoms with van der Waals surface area (Å²) in [4.78, 5) is 0. The standard InChI is InChI=1S/C38H33N/c1-4-7-8-9-23-38(24-10-25-39)36-26-32(30-15-11-28(5-2)12-16-30)19-21-34(36)35-22-20-33(27-37(35)38)31-17-13-29(6-3)14-18-31/h2-3,11-22,26-27H,4,7-10,23-24H2,1H3. The van der Waals surface area contributed by atoms with Gasteiger partial charge in [-0.1, -0.05) is 93.0 Å². The number of hydrogen-bond donors (Lipinski definition) is 0. The van der Waals surface area contributed by atoms with Gasteiger partial charge in [-0.15, -0.1) is 12.8 Å². The van der Waals surface area contributed by atoms with Crippen LogP contribution in [0.15, 0.2) is 84.9 Å². The third-order valence-electron chi connectivity index (χ3n) is 8.25. The van der Waals surface area contributed by atoms with Crippen molar-refractivity contribution in [1.29, 1.82) is 5.26 Å². The number of fused-ring (bicyclic) bond motifs is 3. The summed E-state index contributed by atoms with van der Waals surface area (Å²) in [6, 6.07) is 32.6. The van der Waals surface area contributed by atoms with Gasteiger partial charge in [0.15, 0.2) is 0 Å². The Morgan fingerprint density at radius 1 is 0.615 bits per heavy atom. The molecular formula is C38H33N. The number of nitrogens with zero attached hydrogens (tertiary/aromatic N) is 1. The lowest BCUT2D eigenvalue weighted by molar-refractivity contribution is 0.425. The number of terminal acetylenes is 2. The van der Waals surface area contributed by atoms with E-state index in [2.05, 4.69) is 85.5 Å². The van der Waals surface area contributed by atoms with Gasteiger partial charge in [0.2, 0.25) is 0 Å². The largest absolute Gasteiger partial charge is 0.198 e. The Bertz CT molecular complexity index is 1490. The maximum atomic E-state index is 9.73. The predicted octanol–water partition coefficient (Wildman–Crippen LogP) is 9.52. The zero-order valence-corrected chi connectivity index (χ0v) is 22.6. The molecule has 1 aliphatic rings. The number of nitriles is 1. The third kappa shape index (κ3) is 5.00. The lowest BCUT2D eigenvalue weighted by atomic mass is 9.70. The zero-order valence-electron chi connectivity index (χ0n) is 22.6. The summed E-state index contributed by atoms with van der Waals surface area (Å²) in [7, 11) is 0. The Labute approximate surface area is 233 Å². The van der Waals surface area contributed by atoms with Gasteiger partial charge in [-0.05, 0) is 93.7 Å². The van der Waals surface area contributed by atoms with Crippen LogP contribution >= 0.6 is 0 Å². The molecule has 4 aromatic rings. The van der Waals surface area contributed by atoms with Crippen LogP contribution in [-0.4, -0.2) is 0 Å².